The number of hydrogen-bond acceptors (Lipinski definition) is 2. The van der Waals surface area contributed by atoms with Gasteiger partial charge in [0.25, 0.3) is 0 Å². The van der Waals surface area contributed by atoms with Gasteiger partial charge in [-0.1, -0.05) is 146 Å². The van der Waals surface area contributed by atoms with Crippen molar-refractivity contribution in [2.24, 2.45) is 0 Å². The van der Waals surface area contributed by atoms with Gasteiger partial charge in [0.15, 0.2) is 7.14 Å². The first-order valence-electron chi connectivity index (χ1n) is 15.2. The molecule has 0 saturated heterocycles. The Hall–Kier alpha value is -5.50. The first-order chi connectivity index (χ1) is 22.2. The normalized spacial score (nSPS) is 13.2. The van der Waals surface area contributed by atoms with Gasteiger partial charge in [0.2, 0.25) is 0 Å². The second-order valence-corrected chi connectivity index (χ2v) is 14.3. The standard InChI is InChI=1S/C41H27N2OP/c44-45(31-13-5-2-6-14-31,32-23-19-29(20-24-32)28-11-3-1-4-12-28)33-25-21-30-22-26-35-34-15-7-8-16-36(34)41-42-38-17-9-10-18-39(38)43(41)40(35)37(30)27-33/h1-27H. The molecule has 3 nitrogen and oxygen atoms in total. The molecule has 2 aromatic heterocycles. The molecule has 0 spiro atoms. The topological polar surface area (TPSA) is 34.4 Å². The number of para-hydroxylation sites is 2. The third-order valence-corrected chi connectivity index (χ3v) is 12.1. The lowest BCUT2D eigenvalue weighted by molar-refractivity contribution is 0.592. The predicted octanol–water partition coefficient (Wildman–Crippen LogP) is 9.25. The fourth-order valence-electron chi connectivity index (χ4n) is 6.87. The smallest absolute Gasteiger partial charge is 0.171 e. The molecule has 0 amide bonds. The van der Waals surface area contributed by atoms with Gasteiger partial charge in [-0.25, -0.2) is 4.98 Å². The van der Waals surface area contributed by atoms with Gasteiger partial charge in [0.1, 0.15) is 5.65 Å². The minimum Gasteiger partial charge on any atom is -0.309 e. The minimum atomic E-state index is -3.24. The average Bonchev–Trinajstić information content (AvgIpc) is 3.51. The zero-order valence-electron chi connectivity index (χ0n) is 24.3. The highest BCUT2D eigenvalue weighted by Crippen LogP contribution is 2.44. The third-order valence-electron chi connectivity index (χ3n) is 9.04. The van der Waals surface area contributed by atoms with E-state index in [-0.39, 0.29) is 0 Å². The van der Waals surface area contributed by atoms with Gasteiger partial charge in [-0.2, -0.15) is 0 Å². The SMILES string of the molecule is O=P(c1ccccc1)(c1ccc(-c2ccccc2)cc1)c1ccc2ccc3c4ccccc4c4nc5ccccc5n4c3c2c1. The maximum atomic E-state index is 15.7. The summed E-state index contributed by atoms with van der Waals surface area (Å²) < 4.78 is 18.0. The van der Waals surface area contributed by atoms with E-state index >= 15 is 4.57 Å². The van der Waals surface area contributed by atoms with Crippen molar-refractivity contribution in [3.8, 4) is 11.1 Å². The van der Waals surface area contributed by atoms with Crippen LogP contribution in [0.25, 0.3) is 60.3 Å². The molecule has 4 heteroatoms. The van der Waals surface area contributed by atoms with E-state index in [1.807, 2.05) is 66.7 Å². The van der Waals surface area contributed by atoms with Gasteiger partial charge < -0.3 is 4.57 Å². The van der Waals surface area contributed by atoms with Gasteiger partial charge in [-0.15, -0.1) is 0 Å². The second-order valence-electron chi connectivity index (χ2n) is 11.5. The molecular weight excluding hydrogens is 567 g/mol. The number of aromatic nitrogens is 2. The Kier molecular flexibility index (Phi) is 5.78. The maximum Gasteiger partial charge on any atom is 0.171 e. The fourth-order valence-corrected chi connectivity index (χ4v) is 9.52. The molecule has 1 atom stereocenters. The molecule has 45 heavy (non-hydrogen) atoms. The third kappa shape index (κ3) is 3.91. The lowest BCUT2D eigenvalue weighted by Gasteiger charge is -2.21. The summed E-state index contributed by atoms with van der Waals surface area (Å²) in [5.41, 5.74) is 6.26. The molecule has 0 bridgehead atoms. The lowest BCUT2D eigenvalue weighted by Crippen LogP contribution is -2.25. The van der Waals surface area contributed by atoms with E-state index in [9.17, 15) is 0 Å². The highest BCUT2D eigenvalue weighted by Gasteiger charge is 2.30. The molecule has 0 aliphatic rings. The summed E-state index contributed by atoms with van der Waals surface area (Å²) in [6, 6.07) is 56.0. The van der Waals surface area contributed by atoms with Gasteiger partial charge in [-0.05, 0) is 40.1 Å². The van der Waals surface area contributed by atoms with Gasteiger partial charge in [-0.3, -0.25) is 4.40 Å². The monoisotopic (exact) mass is 594 g/mol. The van der Waals surface area contributed by atoms with Crippen LogP contribution in [0.5, 0.6) is 0 Å². The Bertz CT molecular complexity index is 2610. The van der Waals surface area contributed by atoms with E-state index in [1.165, 1.54) is 0 Å². The summed E-state index contributed by atoms with van der Waals surface area (Å²) >= 11 is 0. The predicted molar refractivity (Wildman–Crippen MR) is 190 cm³/mol. The van der Waals surface area contributed by atoms with E-state index in [4.69, 9.17) is 4.98 Å². The van der Waals surface area contributed by atoms with Crippen LogP contribution in [0.1, 0.15) is 0 Å². The molecule has 0 aliphatic carbocycles. The van der Waals surface area contributed by atoms with Crippen LogP contribution in [0.3, 0.4) is 0 Å². The Balaban J connectivity index is 1.36. The van der Waals surface area contributed by atoms with Crippen molar-refractivity contribution in [2.75, 3.05) is 0 Å². The molecular formula is C41H27N2OP. The number of rotatable bonds is 4. The number of imidazole rings is 1. The highest BCUT2D eigenvalue weighted by atomic mass is 31.2. The number of nitrogens with zero attached hydrogens (tertiary/aromatic N) is 2. The Labute approximate surface area is 260 Å². The van der Waals surface area contributed by atoms with Crippen molar-refractivity contribution in [2.45, 2.75) is 0 Å². The largest absolute Gasteiger partial charge is 0.309 e. The van der Waals surface area contributed by atoms with E-state index in [0.717, 1.165) is 76.2 Å². The molecule has 7 aromatic carbocycles. The fraction of sp³-hybridized carbons (Fsp3) is 0. The van der Waals surface area contributed by atoms with Crippen LogP contribution >= 0.6 is 7.14 Å². The van der Waals surface area contributed by atoms with Crippen molar-refractivity contribution < 1.29 is 4.57 Å². The van der Waals surface area contributed by atoms with Crippen molar-refractivity contribution in [3.63, 3.8) is 0 Å². The number of hydrogen-bond donors (Lipinski definition) is 0. The summed E-state index contributed by atoms with van der Waals surface area (Å²) in [5.74, 6) is 0. The molecule has 0 aliphatic heterocycles. The Morgan fingerprint density at radius 3 is 1.87 bits per heavy atom. The maximum absolute atomic E-state index is 15.7. The summed E-state index contributed by atoms with van der Waals surface area (Å²) in [5, 5.41) is 8.02. The molecule has 212 valence electrons. The molecule has 9 rings (SSSR count). The van der Waals surface area contributed by atoms with Crippen molar-refractivity contribution in [1.82, 2.24) is 9.38 Å². The summed E-state index contributed by atoms with van der Waals surface area (Å²) in [6.45, 7) is 0. The van der Waals surface area contributed by atoms with Gasteiger partial charge in [0.05, 0.1) is 16.6 Å². The van der Waals surface area contributed by atoms with Crippen molar-refractivity contribution >= 4 is 72.2 Å². The molecule has 0 radical (unpaired) electrons. The zero-order valence-corrected chi connectivity index (χ0v) is 25.2. The Morgan fingerprint density at radius 2 is 1.07 bits per heavy atom. The number of benzene rings is 7. The van der Waals surface area contributed by atoms with E-state index in [0.29, 0.717) is 0 Å². The van der Waals surface area contributed by atoms with Crippen molar-refractivity contribution in [3.05, 3.63) is 164 Å². The number of fused-ring (bicyclic) bond motifs is 10. The van der Waals surface area contributed by atoms with Crippen molar-refractivity contribution in [1.29, 1.82) is 0 Å². The van der Waals surface area contributed by atoms with Gasteiger partial charge in [0, 0.05) is 32.1 Å². The first kappa shape index (κ1) is 25.9. The number of pyridine rings is 1. The average molecular weight is 595 g/mol. The van der Waals surface area contributed by atoms with Crippen LogP contribution in [0.2, 0.25) is 0 Å². The van der Waals surface area contributed by atoms with E-state index in [1.54, 1.807) is 0 Å². The van der Waals surface area contributed by atoms with Crippen LogP contribution in [-0.4, -0.2) is 9.38 Å². The lowest BCUT2D eigenvalue weighted by atomic mass is 10.0. The second kappa shape index (κ2) is 10.0. The first-order valence-corrected chi connectivity index (χ1v) is 16.9. The van der Waals surface area contributed by atoms with Crippen LogP contribution in [-0.2, 0) is 4.57 Å². The Morgan fingerprint density at radius 1 is 0.467 bits per heavy atom. The van der Waals surface area contributed by atoms with Crippen LogP contribution in [0.15, 0.2) is 164 Å². The van der Waals surface area contributed by atoms with Gasteiger partial charge >= 0.3 is 0 Å². The summed E-state index contributed by atoms with van der Waals surface area (Å²) in [6.07, 6.45) is 0. The molecule has 0 N–H and O–H groups in total. The highest BCUT2D eigenvalue weighted by molar-refractivity contribution is 7.85. The molecule has 9 aromatic rings. The quantitative estimate of drug-likeness (QED) is 0.150. The molecule has 2 heterocycles. The van der Waals surface area contributed by atoms with Crippen LogP contribution in [0.4, 0.5) is 0 Å². The summed E-state index contributed by atoms with van der Waals surface area (Å²) in [7, 11) is -3.24. The molecule has 0 saturated carbocycles. The molecule has 0 fully saturated rings. The minimum absolute atomic E-state index is 0.812. The molecule has 1 unspecified atom stereocenters. The van der Waals surface area contributed by atoms with E-state index < -0.39 is 7.14 Å². The summed E-state index contributed by atoms with van der Waals surface area (Å²) in [4.78, 5) is 5.11. The van der Waals surface area contributed by atoms with Crippen LogP contribution < -0.4 is 15.9 Å². The van der Waals surface area contributed by atoms with Crippen LogP contribution in [0, 0.1) is 0 Å². The van der Waals surface area contributed by atoms with E-state index in [2.05, 4.69) is 101 Å². The zero-order chi connectivity index (χ0) is 30.0.